The molecule has 12 rings (SSSR count). The van der Waals surface area contributed by atoms with Crippen LogP contribution in [-0.2, 0) is 76.7 Å². The van der Waals surface area contributed by atoms with Crippen molar-refractivity contribution in [2.75, 3.05) is 47.7 Å². The van der Waals surface area contributed by atoms with Crippen LogP contribution in [0.1, 0.15) is 147 Å². The second-order valence-corrected chi connectivity index (χ2v) is 28.7. The van der Waals surface area contributed by atoms with Gasteiger partial charge >= 0.3 is 23.9 Å². The largest absolute Gasteiger partial charge is 0.464 e. The van der Waals surface area contributed by atoms with Gasteiger partial charge in [0.15, 0.2) is 47.7 Å². The van der Waals surface area contributed by atoms with Gasteiger partial charge in [0.1, 0.15) is 23.3 Å². The van der Waals surface area contributed by atoms with E-state index in [9.17, 15) is 39.6 Å². The number of ether oxygens (including phenoxy) is 4. The molecule has 4 aromatic carbocycles. The van der Waals surface area contributed by atoms with Crippen LogP contribution in [0.15, 0.2) is 190 Å². The standard InChI is InChI=1S/C23H25N3O3S.C22H23N3O3S.C22H25N3O3S.C21H23N3O3S/c1-4-7-18-19(5-2)25-21(16-12-13-30-14-16)26-22(18)24-17-10-8-15(9-11-17)20(27)23(28)29-6-3;1-4-6-18-14(3)23-20(16-11-12-29-13-16)25-21(18)24-17-9-7-15(8-10-17)19(26)22(27)28-5-2;1-4-17-18(5-2)24-20(15-11-12-29-13-15)25-21(17)23-16-9-7-14(8-10-16)19(26)22(27)28-6-3;1-4-17-13(3)22-19(15-10-11-28-12-15)24-20(17)23-16-8-6-14(7-9-16)18(25)21(26)27-5-2/h4,8-14,20,27H,1,5-7H2,2-3H3,(H,24,25,26);4,7-13,19,26H,1,5-6H2,2-3H3,(H,23,24,25);7-13,19,26H,4-6H2,1-3H3,(H,23,24,25);6-12,18,25H,4-5H2,1-3H3,(H,22,23,24). The summed E-state index contributed by atoms with van der Waals surface area (Å²) in [6.45, 7) is 27.7. The van der Waals surface area contributed by atoms with Crippen LogP contribution in [0.2, 0.25) is 0 Å². The summed E-state index contributed by atoms with van der Waals surface area (Å²) in [6, 6.07) is 36.0. The molecule has 0 spiro atoms. The zero-order chi connectivity index (χ0) is 83.2. The summed E-state index contributed by atoms with van der Waals surface area (Å²) in [5, 5.41) is 69.8. The lowest BCUT2D eigenvalue weighted by molar-refractivity contribution is -0.154. The van der Waals surface area contributed by atoms with Crippen LogP contribution in [0, 0.1) is 13.8 Å². The summed E-state index contributed by atoms with van der Waals surface area (Å²) in [5.41, 5.74) is 17.0. The zero-order valence-electron chi connectivity index (χ0n) is 66.4. The number of esters is 4. The van der Waals surface area contributed by atoms with E-state index < -0.39 is 48.3 Å². The molecule has 8 heterocycles. The first-order valence-corrected chi connectivity index (χ1v) is 41.7. The molecule has 28 heteroatoms. The number of aliphatic hydroxyl groups is 4. The highest BCUT2D eigenvalue weighted by molar-refractivity contribution is 7.09. The van der Waals surface area contributed by atoms with Gasteiger partial charge < -0.3 is 60.6 Å². The van der Waals surface area contributed by atoms with Gasteiger partial charge in [0, 0.05) is 112 Å². The Morgan fingerprint density at radius 1 is 0.345 bits per heavy atom. The number of aromatic nitrogens is 8. The van der Waals surface area contributed by atoms with Gasteiger partial charge in [0.05, 0.1) is 26.4 Å². The molecule has 0 amide bonds. The van der Waals surface area contributed by atoms with E-state index in [0.717, 1.165) is 133 Å². The monoisotopic (exact) mass is 1640 g/mol. The van der Waals surface area contributed by atoms with E-state index in [1.54, 1.807) is 158 Å². The topological polar surface area (TPSA) is 337 Å². The van der Waals surface area contributed by atoms with Crippen molar-refractivity contribution in [2.24, 2.45) is 0 Å². The minimum Gasteiger partial charge on any atom is -0.464 e. The summed E-state index contributed by atoms with van der Waals surface area (Å²) >= 11 is 6.42. The summed E-state index contributed by atoms with van der Waals surface area (Å²) in [7, 11) is 0. The van der Waals surface area contributed by atoms with E-state index in [-0.39, 0.29) is 26.4 Å². The van der Waals surface area contributed by atoms with Gasteiger partial charge in [0.25, 0.3) is 0 Å². The first kappa shape index (κ1) is 88.4. The first-order valence-electron chi connectivity index (χ1n) is 37.9. The number of nitrogens with one attached hydrogen (secondary N) is 4. The van der Waals surface area contributed by atoms with Crippen LogP contribution < -0.4 is 21.3 Å². The number of hydrogen-bond donors (Lipinski definition) is 8. The predicted octanol–water partition coefficient (Wildman–Crippen LogP) is 18.5. The second kappa shape index (κ2) is 44.3. The molecule has 0 aliphatic rings. The van der Waals surface area contributed by atoms with Gasteiger partial charge in [-0.05, 0) is 197 Å². The van der Waals surface area contributed by atoms with Gasteiger partial charge in [0.2, 0.25) is 0 Å². The molecule has 0 saturated heterocycles. The Morgan fingerprint density at radius 3 is 0.853 bits per heavy atom. The summed E-state index contributed by atoms with van der Waals surface area (Å²) in [6.07, 6.45) is 2.99. The lowest BCUT2D eigenvalue weighted by Gasteiger charge is -2.16. The molecule has 24 nitrogen and oxygen atoms in total. The Kier molecular flexibility index (Phi) is 33.8. The van der Waals surface area contributed by atoms with Crippen LogP contribution in [0.25, 0.3) is 45.6 Å². The van der Waals surface area contributed by atoms with E-state index in [0.29, 0.717) is 64.2 Å². The van der Waals surface area contributed by atoms with Crippen molar-refractivity contribution in [3.8, 4) is 45.6 Å². The van der Waals surface area contributed by atoms with Crippen LogP contribution >= 0.6 is 45.3 Å². The number of nitrogens with zero attached hydrogens (tertiary/aromatic N) is 8. The van der Waals surface area contributed by atoms with Crippen LogP contribution in [0.3, 0.4) is 0 Å². The number of anilines is 8. The van der Waals surface area contributed by atoms with E-state index in [4.69, 9.17) is 48.9 Å². The van der Waals surface area contributed by atoms with Crippen molar-refractivity contribution in [3.63, 3.8) is 0 Å². The van der Waals surface area contributed by atoms with Gasteiger partial charge in [-0.1, -0.05) is 88.4 Å². The maximum absolute atomic E-state index is 11.7. The lowest BCUT2D eigenvalue weighted by Crippen LogP contribution is -2.15. The van der Waals surface area contributed by atoms with Crippen molar-refractivity contribution >= 4 is 115 Å². The predicted molar refractivity (Wildman–Crippen MR) is 461 cm³/mol. The highest BCUT2D eigenvalue weighted by atomic mass is 32.1. The SMILES string of the molecule is C=CCc1c(C)nc(-c2ccsc2)nc1Nc1ccc(C(O)C(=O)OCC)cc1.C=CCc1c(CC)nc(-c2ccsc2)nc1Nc1ccc(C(O)C(=O)OCC)cc1.CCOC(=O)C(O)c1ccc(Nc2nc(-c3ccsc3)nc(C)c2CC)cc1.CCOC(=O)C(O)c1ccc(Nc2nc(-c3ccsc3)nc(CC)c2CC)cc1. The van der Waals surface area contributed by atoms with Crippen molar-refractivity contribution in [1.29, 1.82) is 0 Å². The highest BCUT2D eigenvalue weighted by Crippen LogP contribution is 2.34. The third-order valence-corrected chi connectivity index (χ3v) is 20.5. The van der Waals surface area contributed by atoms with E-state index >= 15 is 0 Å². The maximum Gasteiger partial charge on any atom is 0.339 e. The minimum absolute atomic E-state index is 0.223. The van der Waals surface area contributed by atoms with E-state index in [1.165, 1.54) is 0 Å². The number of carbonyl (C=O) groups is 4. The molecule has 8 aromatic heterocycles. The molecule has 0 bridgehead atoms. The highest BCUT2D eigenvalue weighted by Gasteiger charge is 2.25. The van der Waals surface area contributed by atoms with Gasteiger partial charge in [-0.15, -0.1) is 13.2 Å². The summed E-state index contributed by atoms with van der Waals surface area (Å²) < 4.78 is 19.5. The molecule has 0 fully saturated rings. The number of rotatable bonds is 32. The normalized spacial score (nSPS) is 11.8. The molecule has 116 heavy (non-hydrogen) atoms. The number of thiophene rings is 4. The molecule has 0 aliphatic carbocycles. The number of allylic oxidation sites excluding steroid dienone is 2. The fraction of sp³-hybridized carbons (Fsp3) is 0.273. The second-order valence-electron chi connectivity index (χ2n) is 25.6. The molecule has 0 saturated carbocycles. The van der Waals surface area contributed by atoms with Crippen molar-refractivity contribution in [1.82, 2.24) is 39.9 Å². The average molecular weight is 1640 g/mol. The molecule has 4 unspecified atom stereocenters. The smallest absolute Gasteiger partial charge is 0.339 e. The van der Waals surface area contributed by atoms with Gasteiger partial charge in [-0.2, -0.15) is 45.3 Å². The van der Waals surface area contributed by atoms with Gasteiger partial charge in [-0.3, -0.25) is 0 Å². The number of aryl methyl sites for hydroxylation is 4. The Bertz CT molecular complexity index is 5170. The number of hydrogen-bond acceptors (Lipinski definition) is 28. The van der Waals surface area contributed by atoms with Crippen LogP contribution in [0.4, 0.5) is 46.0 Å². The molecule has 0 radical (unpaired) electrons. The Balaban J connectivity index is 0.000000177. The van der Waals surface area contributed by atoms with Gasteiger partial charge in [-0.25, -0.2) is 59.0 Å². The summed E-state index contributed by atoms with van der Waals surface area (Å²) in [4.78, 5) is 84.6. The minimum atomic E-state index is -1.30. The number of aliphatic hydroxyl groups excluding tert-OH is 4. The zero-order valence-corrected chi connectivity index (χ0v) is 69.6. The molecule has 4 atom stereocenters. The van der Waals surface area contributed by atoms with Crippen LogP contribution in [0.5, 0.6) is 0 Å². The lowest BCUT2D eigenvalue weighted by atomic mass is 10.1. The Hall–Kier alpha value is -11.6. The van der Waals surface area contributed by atoms with Crippen molar-refractivity contribution < 1.29 is 58.6 Å². The van der Waals surface area contributed by atoms with Crippen LogP contribution in [-0.4, -0.2) is 111 Å². The molecule has 604 valence electrons. The fourth-order valence-electron chi connectivity index (χ4n) is 11.8. The van der Waals surface area contributed by atoms with Crippen molar-refractivity contribution in [2.45, 2.75) is 132 Å². The van der Waals surface area contributed by atoms with Crippen molar-refractivity contribution in [3.05, 3.63) is 257 Å². The molecule has 8 N–H and O–H groups in total. The molecular formula is C88H96N12O12S4. The number of benzene rings is 4. The number of carbonyl (C=O) groups excluding carboxylic acids is 4. The maximum atomic E-state index is 11.7. The Morgan fingerprint density at radius 2 is 0.595 bits per heavy atom. The molecule has 12 aromatic rings. The quantitative estimate of drug-likeness (QED) is 0.0110. The third kappa shape index (κ3) is 23.8. The Labute approximate surface area is 691 Å². The molecule has 0 aliphatic heterocycles. The average Bonchev–Trinajstić information content (AvgIpc) is 1.17. The van der Waals surface area contributed by atoms with E-state index in [1.807, 2.05) is 105 Å². The summed E-state index contributed by atoms with van der Waals surface area (Å²) in [5.74, 6) is 3.08. The van der Waals surface area contributed by atoms with E-state index in [2.05, 4.69) is 72.1 Å². The molecular weight excluding hydrogens is 1550 g/mol. The fourth-order valence-corrected chi connectivity index (χ4v) is 14.4. The third-order valence-electron chi connectivity index (χ3n) is 17.8. The first-order chi connectivity index (χ1) is 56.2.